The summed E-state index contributed by atoms with van der Waals surface area (Å²) in [5.41, 5.74) is 1.06. The van der Waals surface area contributed by atoms with Gasteiger partial charge in [0.2, 0.25) is 0 Å². The van der Waals surface area contributed by atoms with Gasteiger partial charge >= 0.3 is 0 Å². The largest absolute Gasteiger partial charge is 0.387 e. The van der Waals surface area contributed by atoms with Crippen LogP contribution in [0.3, 0.4) is 0 Å². The number of hydrogen-bond donors (Lipinski definition) is 0. The monoisotopic (exact) mass is 146 g/mol. The number of para-hydroxylation sites is 1. The summed E-state index contributed by atoms with van der Waals surface area (Å²) in [5.74, 6) is 0. The predicted octanol–water partition coefficient (Wildman–Crippen LogP) is 1.76. The first kappa shape index (κ1) is 6.28. The molecule has 55 valence electrons. The van der Waals surface area contributed by atoms with Gasteiger partial charge in [0.05, 0.1) is 12.2 Å². The molecule has 0 N–H and O–H groups in total. The molecule has 0 aromatic heterocycles. The Morgan fingerprint density at radius 3 is 2.73 bits per heavy atom. The van der Waals surface area contributed by atoms with E-state index in [1.165, 1.54) is 0 Å². The van der Waals surface area contributed by atoms with Crippen molar-refractivity contribution in [3.63, 3.8) is 0 Å². The van der Waals surface area contributed by atoms with Crippen molar-refractivity contribution in [2.24, 2.45) is 0 Å². The highest BCUT2D eigenvalue weighted by molar-refractivity contribution is 5.44. The van der Waals surface area contributed by atoms with Gasteiger partial charge in [0.15, 0.2) is 0 Å². The van der Waals surface area contributed by atoms with Crippen LogP contribution in [0.25, 0.3) is 0 Å². The van der Waals surface area contributed by atoms with E-state index in [0.717, 1.165) is 5.69 Å². The maximum Gasteiger partial charge on any atom is 0.125 e. The lowest BCUT2D eigenvalue weighted by Crippen LogP contribution is -2.15. The van der Waals surface area contributed by atoms with Crippen LogP contribution >= 0.6 is 0 Å². The number of hydrogen-bond acceptors (Lipinski definition) is 2. The molecule has 2 heteroatoms. The topological polar surface area (TPSA) is 12.5 Å². The van der Waals surface area contributed by atoms with Crippen LogP contribution in [0.2, 0.25) is 0 Å². The normalized spacial score (nSPS) is 15.1. The lowest BCUT2D eigenvalue weighted by atomic mass is 10.3. The molecule has 1 radical (unpaired) electrons. The predicted molar refractivity (Wildman–Crippen MR) is 42.7 cm³/mol. The zero-order chi connectivity index (χ0) is 7.52. The van der Waals surface area contributed by atoms with E-state index in [1.807, 2.05) is 30.3 Å². The van der Waals surface area contributed by atoms with E-state index in [2.05, 4.69) is 6.08 Å². The highest BCUT2D eigenvalue weighted by Crippen LogP contribution is 2.15. The second-order valence-corrected chi connectivity index (χ2v) is 2.30. The number of nitrogens with zero attached hydrogens (tertiary/aromatic N) is 1. The van der Waals surface area contributed by atoms with Crippen molar-refractivity contribution in [2.45, 2.75) is 0 Å². The zero-order valence-corrected chi connectivity index (χ0v) is 6.03. The molecule has 1 aromatic rings. The molecule has 1 aliphatic heterocycles. The number of anilines is 1. The van der Waals surface area contributed by atoms with Crippen LogP contribution in [0, 0.1) is 6.08 Å². The van der Waals surface area contributed by atoms with Crippen LogP contribution in [0.4, 0.5) is 5.69 Å². The Bertz CT molecular complexity index is 248. The molecule has 0 aliphatic carbocycles. The van der Waals surface area contributed by atoms with Gasteiger partial charge in [-0.15, -0.1) is 0 Å². The van der Waals surface area contributed by atoms with E-state index in [1.54, 1.807) is 11.3 Å². The maximum absolute atomic E-state index is 5.14. The fraction of sp³-hybridized carbons (Fsp3) is 0.111. The van der Waals surface area contributed by atoms with Crippen molar-refractivity contribution in [1.82, 2.24) is 0 Å². The molecule has 1 aromatic carbocycles. The Balaban J connectivity index is 2.17. The highest BCUT2D eigenvalue weighted by atomic mass is 16.7. The second-order valence-electron chi connectivity index (χ2n) is 2.30. The Hall–Kier alpha value is -1.44. The third-order valence-corrected chi connectivity index (χ3v) is 1.54. The molecule has 1 aliphatic rings. The fourth-order valence-electron chi connectivity index (χ4n) is 1.00. The van der Waals surface area contributed by atoms with Crippen LogP contribution in [0.15, 0.2) is 36.6 Å². The van der Waals surface area contributed by atoms with Crippen LogP contribution in [-0.4, -0.2) is 6.54 Å². The van der Waals surface area contributed by atoms with Gasteiger partial charge in [-0.3, -0.25) is 0 Å². The van der Waals surface area contributed by atoms with Crippen molar-refractivity contribution in [3.05, 3.63) is 42.7 Å². The van der Waals surface area contributed by atoms with Crippen molar-refractivity contribution in [3.8, 4) is 0 Å². The van der Waals surface area contributed by atoms with E-state index in [-0.39, 0.29) is 0 Å². The van der Waals surface area contributed by atoms with E-state index in [9.17, 15) is 0 Å². The lowest BCUT2D eigenvalue weighted by Gasteiger charge is -2.15. The summed E-state index contributed by atoms with van der Waals surface area (Å²) in [7, 11) is 0. The first-order valence-electron chi connectivity index (χ1n) is 3.51. The first-order chi connectivity index (χ1) is 5.47. The number of rotatable bonds is 1. The average Bonchev–Trinajstić information content (AvgIpc) is 2.58. The van der Waals surface area contributed by atoms with E-state index in [4.69, 9.17) is 4.84 Å². The van der Waals surface area contributed by atoms with Gasteiger partial charge in [0.25, 0.3) is 0 Å². The molecule has 2 rings (SSSR count). The van der Waals surface area contributed by atoms with Crippen molar-refractivity contribution >= 4 is 5.69 Å². The van der Waals surface area contributed by atoms with Gasteiger partial charge in [-0.25, -0.2) is 5.06 Å². The summed E-state index contributed by atoms with van der Waals surface area (Å²) < 4.78 is 0. The first-order valence-corrected chi connectivity index (χ1v) is 3.51. The smallest absolute Gasteiger partial charge is 0.125 e. The number of hydroxylamine groups is 1. The molecule has 0 unspecified atom stereocenters. The van der Waals surface area contributed by atoms with Crippen LogP contribution < -0.4 is 5.06 Å². The Labute approximate surface area is 65.7 Å². The minimum Gasteiger partial charge on any atom is -0.387 e. The molecule has 0 atom stereocenters. The zero-order valence-electron chi connectivity index (χ0n) is 6.03. The maximum atomic E-state index is 5.14. The van der Waals surface area contributed by atoms with Gasteiger partial charge in [-0.1, -0.05) is 18.2 Å². The Kier molecular flexibility index (Phi) is 1.52. The second kappa shape index (κ2) is 2.66. The van der Waals surface area contributed by atoms with Crippen LogP contribution in [-0.2, 0) is 4.84 Å². The summed E-state index contributed by atoms with van der Waals surface area (Å²) >= 11 is 0. The van der Waals surface area contributed by atoms with Crippen LogP contribution in [0.5, 0.6) is 0 Å². The summed E-state index contributed by atoms with van der Waals surface area (Å²) in [4.78, 5) is 5.14. The lowest BCUT2D eigenvalue weighted by molar-refractivity contribution is 0.246. The van der Waals surface area contributed by atoms with E-state index in [0.29, 0.717) is 6.54 Å². The molecule has 0 spiro atoms. The van der Waals surface area contributed by atoms with Gasteiger partial charge < -0.3 is 4.84 Å². The minimum atomic E-state index is 0.712. The third kappa shape index (κ3) is 1.19. The van der Waals surface area contributed by atoms with E-state index >= 15 is 0 Å². The Morgan fingerprint density at radius 1 is 1.27 bits per heavy atom. The summed E-state index contributed by atoms with van der Waals surface area (Å²) in [5, 5.41) is 1.78. The SMILES string of the molecule is [C]1=CON(c2ccccc2)C1. The molecule has 0 saturated heterocycles. The molecule has 0 saturated carbocycles. The summed E-state index contributed by atoms with van der Waals surface area (Å²) in [6.07, 6.45) is 4.53. The van der Waals surface area contributed by atoms with Crippen molar-refractivity contribution in [2.75, 3.05) is 11.6 Å². The molecular weight excluding hydrogens is 138 g/mol. The van der Waals surface area contributed by atoms with Gasteiger partial charge in [-0.2, -0.15) is 0 Å². The standard InChI is InChI=1S/C9H8NO/c1-2-5-9(6-3-1)10-7-4-8-11-10/h1-3,5-6,8H,7H2. The third-order valence-electron chi connectivity index (χ3n) is 1.54. The van der Waals surface area contributed by atoms with Gasteiger partial charge in [0.1, 0.15) is 6.26 Å². The fourth-order valence-corrected chi connectivity index (χ4v) is 1.00. The molecule has 0 amide bonds. The molecule has 2 nitrogen and oxygen atoms in total. The highest BCUT2D eigenvalue weighted by Gasteiger charge is 2.07. The molecular formula is C9H8NO. The van der Waals surface area contributed by atoms with Gasteiger partial charge in [0, 0.05) is 6.08 Å². The average molecular weight is 146 g/mol. The Morgan fingerprint density at radius 2 is 2.09 bits per heavy atom. The molecule has 1 heterocycles. The number of benzene rings is 1. The van der Waals surface area contributed by atoms with E-state index < -0.39 is 0 Å². The molecule has 11 heavy (non-hydrogen) atoms. The quantitative estimate of drug-likeness (QED) is 0.598. The van der Waals surface area contributed by atoms with Crippen LogP contribution in [0.1, 0.15) is 0 Å². The molecule has 0 bridgehead atoms. The van der Waals surface area contributed by atoms with Crippen molar-refractivity contribution in [1.29, 1.82) is 0 Å². The summed E-state index contributed by atoms with van der Waals surface area (Å²) in [6, 6.07) is 9.95. The minimum absolute atomic E-state index is 0.712. The molecule has 0 fully saturated rings. The summed E-state index contributed by atoms with van der Waals surface area (Å²) in [6.45, 7) is 0.712. The van der Waals surface area contributed by atoms with Gasteiger partial charge in [-0.05, 0) is 12.1 Å². The van der Waals surface area contributed by atoms with Crippen molar-refractivity contribution < 1.29 is 4.84 Å².